The molecule has 23 heavy (non-hydrogen) atoms. The zero-order valence-electron chi connectivity index (χ0n) is 14.5. The van der Waals surface area contributed by atoms with Gasteiger partial charge < -0.3 is 0 Å². The topological polar surface area (TPSA) is 0 Å². The average Bonchev–Trinajstić information content (AvgIpc) is 2.55. The van der Waals surface area contributed by atoms with Crippen LogP contribution in [0.15, 0.2) is 74.8 Å². The average molecular weight is 302 g/mol. The third-order valence-corrected chi connectivity index (χ3v) is 3.46. The molecule has 2 aromatic rings. The molecule has 0 heteroatoms. The minimum Gasteiger partial charge on any atom is -0.0985 e. The first-order valence-corrected chi connectivity index (χ1v) is 7.65. The van der Waals surface area contributed by atoms with Crippen molar-refractivity contribution >= 4 is 22.8 Å². The van der Waals surface area contributed by atoms with Gasteiger partial charge in [0.05, 0.1) is 0 Å². The standard InChI is InChI=1S/C12H14.C11H12/c1-9(2)11-6-5-7-12(8-11)10(3)4;1-4-10-6-5-7-11(8-10)9(2)3/h5-8H,1,3H2,2,4H3;4-8H,1-2H2,3H3. The van der Waals surface area contributed by atoms with Crippen LogP contribution in [0.3, 0.4) is 0 Å². The summed E-state index contributed by atoms with van der Waals surface area (Å²) in [5.41, 5.74) is 7.99. The quantitative estimate of drug-likeness (QED) is 0.564. The van der Waals surface area contributed by atoms with Crippen molar-refractivity contribution in [2.24, 2.45) is 0 Å². The van der Waals surface area contributed by atoms with Crippen molar-refractivity contribution in [2.75, 3.05) is 0 Å². The van der Waals surface area contributed by atoms with Gasteiger partial charge in [0.2, 0.25) is 0 Å². The van der Waals surface area contributed by atoms with E-state index < -0.39 is 0 Å². The number of hydrogen-bond acceptors (Lipinski definition) is 0. The van der Waals surface area contributed by atoms with Crippen LogP contribution in [0.2, 0.25) is 0 Å². The summed E-state index contributed by atoms with van der Waals surface area (Å²) in [5, 5.41) is 0. The Morgan fingerprint density at radius 3 is 1.48 bits per heavy atom. The Morgan fingerprint density at radius 1 is 0.696 bits per heavy atom. The Balaban J connectivity index is 0.000000231. The highest BCUT2D eigenvalue weighted by atomic mass is 14.0. The van der Waals surface area contributed by atoms with E-state index in [9.17, 15) is 0 Å². The second kappa shape index (κ2) is 8.75. The number of hydrogen-bond donors (Lipinski definition) is 0. The molecule has 0 aliphatic heterocycles. The molecule has 0 aliphatic carbocycles. The van der Waals surface area contributed by atoms with Gasteiger partial charge in [0.15, 0.2) is 0 Å². The molecule has 2 rings (SSSR count). The summed E-state index contributed by atoms with van der Waals surface area (Å²) in [7, 11) is 0. The fraction of sp³-hybridized carbons (Fsp3) is 0.130. The van der Waals surface area contributed by atoms with Crippen LogP contribution in [-0.2, 0) is 0 Å². The predicted molar refractivity (Wildman–Crippen MR) is 107 cm³/mol. The minimum absolute atomic E-state index is 1.09. The van der Waals surface area contributed by atoms with Crippen LogP contribution in [0.1, 0.15) is 43.0 Å². The van der Waals surface area contributed by atoms with Crippen LogP contribution in [0.4, 0.5) is 0 Å². The van der Waals surface area contributed by atoms with E-state index in [2.05, 4.69) is 56.6 Å². The Bertz CT molecular complexity index is 700. The van der Waals surface area contributed by atoms with Gasteiger partial charge in [-0.25, -0.2) is 0 Å². The second-order valence-corrected chi connectivity index (χ2v) is 5.75. The first-order valence-electron chi connectivity index (χ1n) is 7.65. The maximum Gasteiger partial charge on any atom is -0.0227 e. The molecular formula is C23H26. The fourth-order valence-electron chi connectivity index (χ4n) is 1.98. The smallest absolute Gasteiger partial charge is 0.0227 e. The zero-order valence-corrected chi connectivity index (χ0v) is 14.5. The molecule has 0 amide bonds. The summed E-state index contributed by atoms with van der Waals surface area (Å²) in [5.74, 6) is 0. The van der Waals surface area contributed by atoms with Crippen molar-refractivity contribution in [3.05, 3.63) is 97.1 Å². The van der Waals surface area contributed by atoms with E-state index in [1.807, 2.05) is 45.0 Å². The molecule has 0 aliphatic rings. The van der Waals surface area contributed by atoms with E-state index in [4.69, 9.17) is 0 Å². The zero-order chi connectivity index (χ0) is 17.4. The molecule has 0 spiro atoms. The third-order valence-electron chi connectivity index (χ3n) is 3.46. The maximum atomic E-state index is 3.90. The van der Waals surface area contributed by atoms with Crippen LogP contribution < -0.4 is 0 Å². The molecule has 0 saturated carbocycles. The Kier molecular flexibility index (Phi) is 7.02. The molecule has 0 fully saturated rings. The summed E-state index contributed by atoms with van der Waals surface area (Å²) < 4.78 is 0. The Hall–Kier alpha value is -2.60. The summed E-state index contributed by atoms with van der Waals surface area (Å²) >= 11 is 0. The van der Waals surface area contributed by atoms with E-state index in [1.165, 1.54) is 16.7 Å². The van der Waals surface area contributed by atoms with Crippen molar-refractivity contribution in [1.82, 2.24) is 0 Å². The van der Waals surface area contributed by atoms with Crippen LogP contribution in [0.25, 0.3) is 22.8 Å². The molecule has 118 valence electrons. The van der Waals surface area contributed by atoms with Crippen molar-refractivity contribution < 1.29 is 0 Å². The van der Waals surface area contributed by atoms with Gasteiger partial charge >= 0.3 is 0 Å². The lowest BCUT2D eigenvalue weighted by Crippen LogP contribution is -1.81. The van der Waals surface area contributed by atoms with Crippen LogP contribution in [-0.4, -0.2) is 0 Å². The van der Waals surface area contributed by atoms with E-state index in [-0.39, 0.29) is 0 Å². The molecule has 0 atom stereocenters. The molecule has 0 heterocycles. The van der Waals surface area contributed by atoms with Gasteiger partial charge in [0.1, 0.15) is 0 Å². The lowest BCUT2D eigenvalue weighted by molar-refractivity contribution is 1.52. The largest absolute Gasteiger partial charge is 0.0985 e. The molecule has 0 bridgehead atoms. The van der Waals surface area contributed by atoms with Gasteiger partial charge in [-0.15, -0.1) is 0 Å². The van der Waals surface area contributed by atoms with E-state index in [0.29, 0.717) is 0 Å². The van der Waals surface area contributed by atoms with Crippen molar-refractivity contribution in [1.29, 1.82) is 0 Å². The number of rotatable bonds is 4. The third kappa shape index (κ3) is 5.96. The van der Waals surface area contributed by atoms with Gasteiger partial charge in [-0.05, 0) is 55.2 Å². The molecule has 0 nitrogen and oxygen atoms in total. The maximum absolute atomic E-state index is 3.90. The molecular weight excluding hydrogens is 276 g/mol. The summed E-state index contributed by atoms with van der Waals surface area (Å²) in [6.45, 7) is 21.4. The SMILES string of the molecule is C=C(C)c1cccc(C(=C)C)c1.C=Cc1cccc(C(=C)C)c1. The van der Waals surface area contributed by atoms with E-state index >= 15 is 0 Å². The van der Waals surface area contributed by atoms with Crippen LogP contribution in [0, 0.1) is 0 Å². The summed E-state index contributed by atoms with van der Waals surface area (Å²) in [4.78, 5) is 0. The second-order valence-electron chi connectivity index (χ2n) is 5.75. The predicted octanol–water partition coefficient (Wildman–Crippen LogP) is 7.12. The number of benzene rings is 2. The highest BCUT2D eigenvalue weighted by molar-refractivity contribution is 5.68. The van der Waals surface area contributed by atoms with Gasteiger partial charge in [-0.1, -0.05) is 85.5 Å². The Morgan fingerprint density at radius 2 is 1.09 bits per heavy atom. The van der Waals surface area contributed by atoms with Gasteiger partial charge in [-0.3, -0.25) is 0 Å². The van der Waals surface area contributed by atoms with Gasteiger partial charge in [0, 0.05) is 0 Å². The first-order chi connectivity index (χ1) is 10.8. The molecule has 0 radical (unpaired) electrons. The lowest BCUT2D eigenvalue weighted by Gasteiger charge is -2.03. The molecule has 0 unspecified atom stereocenters. The molecule has 0 aromatic heterocycles. The minimum atomic E-state index is 1.09. The van der Waals surface area contributed by atoms with Crippen molar-refractivity contribution in [2.45, 2.75) is 20.8 Å². The lowest BCUT2D eigenvalue weighted by atomic mass is 10.0. The van der Waals surface area contributed by atoms with Gasteiger partial charge in [-0.2, -0.15) is 0 Å². The van der Waals surface area contributed by atoms with Crippen molar-refractivity contribution in [3.8, 4) is 0 Å². The molecule has 0 N–H and O–H groups in total. The van der Waals surface area contributed by atoms with Gasteiger partial charge in [0.25, 0.3) is 0 Å². The van der Waals surface area contributed by atoms with Crippen LogP contribution in [0.5, 0.6) is 0 Å². The number of allylic oxidation sites excluding steroid dienone is 3. The normalized spacial score (nSPS) is 9.35. The van der Waals surface area contributed by atoms with E-state index in [0.717, 1.165) is 22.3 Å². The Labute approximate surface area is 141 Å². The first kappa shape index (κ1) is 18.4. The monoisotopic (exact) mass is 302 g/mol. The fourth-order valence-corrected chi connectivity index (χ4v) is 1.98. The summed E-state index contributed by atoms with van der Waals surface area (Å²) in [6.07, 6.45) is 1.84. The molecule has 0 saturated heterocycles. The van der Waals surface area contributed by atoms with E-state index in [1.54, 1.807) is 0 Å². The highest BCUT2D eigenvalue weighted by Gasteiger charge is 1.96. The summed E-state index contributed by atoms with van der Waals surface area (Å²) in [6, 6.07) is 16.5. The van der Waals surface area contributed by atoms with Crippen LogP contribution >= 0.6 is 0 Å². The highest BCUT2D eigenvalue weighted by Crippen LogP contribution is 2.17. The molecule has 2 aromatic carbocycles. The van der Waals surface area contributed by atoms with Crippen molar-refractivity contribution in [3.63, 3.8) is 0 Å².